The largest absolute Gasteiger partial charge is 0.395 e. The van der Waals surface area contributed by atoms with Gasteiger partial charge in [-0.05, 0) is 48.3 Å². The monoisotopic (exact) mass is 493 g/mol. The molecule has 2 saturated carbocycles. The van der Waals surface area contributed by atoms with E-state index in [9.17, 15) is 4.79 Å². The minimum absolute atomic E-state index is 0. The number of benzene rings is 1. The Balaban J connectivity index is 0.00000300. The first-order valence-corrected chi connectivity index (χ1v) is 11.1. The van der Waals surface area contributed by atoms with Crippen LogP contribution in [0.15, 0.2) is 18.2 Å². The van der Waals surface area contributed by atoms with Crippen molar-refractivity contribution >= 4 is 42.3 Å². The highest BCUT2D eigenvalue weighted by Crippen LogP contribution is 2.48. The SMILES string of the molecule is Cl.Cl.O=C(NCC12CCCC(CCC1)C2)c1cc(CNCCNCCO)ccc1Cl.[CH2]. The number of carbonyl (C=O) groups is 1. The molecule has 2 radical (unpaired) electrons. The van der Waals surface area contributed by atoms with E-state index in [2.05, 4.69) is 16.0 Å². The van der Waals surface area contributed by atoms with Gasteiger partial charge in [-0.1, -0.05) is 50.8 Å². The maximum Gasteiger partial charge on any atom is 0.252 e. The van der Waals surface area contributed by atoms with Gasteiger partial charge in [-0.2, -0.15) is 0 Å². The van der Waals surface area contributed by atoms with Crippen molar-refractivity contribution in [1.82, 2.24) is 16.0 Å². The quantitative estimate of drug-likeness (QED) is 0.366. The van der Waals surface area contributed by atoms with Gasteiger partial charge in [-0.15, -0.1) is 24.8 Å². The zero-order chi connectivity index (χ0) is 19.8. The van der Waals surface area contributed by atoms with Crippen molar-refractivity contribution in [2.24, 2.45) is 11.3 Å². The molecule has 0 aliphatic heterocycles. The lowest BCUT2D eigenvalue weighted by atomic mass is 9.62. The summed E-state index contributed by atoms with van der Waals surface area (Å²) in [5, 5.41) is 18.9. The summed E-state index contributed by atoms with van der Waals surface area (Å²) in [6, 6.07) is 5.67. The topological polar surface area (TPSA) is 73.4 Å². The molecule has 0 spiro atoms. The third kappa shape index (κ3) is 9.07. The molecule has 0 saturated heterocycles. The Morgan fingerprint density at radius 1 is 1.10 bits per heavy atom. The fourth-order valence-electron chi connectivity index (χ4n) is 4.90. The number of rotatable bonds is 10. The average Bonchev–Trinajstić information content (AvgIpc) is 2.70. The van der Waals surface area contributed by atoms with Crippen molar-refractivity contribution in [3.05, 3.63) is 41.8 Å². The summed E-state index contributed by atoms with van der Waals surface area (Å²) in [7, 11) is 0. The molecule has 2 bridgehead atoms. The number of hydrogen-bond acceptors (Lipinski definition) is 4. The predicted octanol–water partition coefficient (Wildman–Crippen LogP) is 4.27. The Kier molecular flexibility index (Phi) is 15.0. The van der Waals surface area contributed by atoms with Crippen LogP contribution in [0.4, 0.5) is 0 Å². The van der Waals surface area contributed by atoms with Crippen LogP contribution >= 0.6 is 36.4 Å². The summed E-state index contributed by atoms with van der Waals surface area (Å²) < 4.78 is 0. The molecule has 31 heavy (non-hydrogen) atoms. The maximum atomic E-state index is 12.8. The van der Waals surface area contributed by atoms with Crippen molar-refractivity contribution in [1.29, 1.82) is 0 Å². The van der Waals surface area contributed by atoms with Crippen LogP contribution in [0.5, 0.6) is 0 Å². The van der Waals surface area contributed by atoms with Crippen LogP contribution in [0, 0.1) is 18.8 Å². The number of fused-ring (bicyclic) bond motifs is 2. The number of aliphatic hydroxyl groups is 1. The first-order valence-electron chi connectivity index (χ1n) is 10.7. The zero-order valence-corrected chi connectivity index (χ0v) is 20.6. The minimum Gasteiger partial charge on any atom is -0.395 e. The molecular formula is C23H38Cl3N3O2. The van der Waals surface area contributed by atoms with Gasteiger partial charge in [-0.3, -0.25) is 4.79 Å². The highest BCUT2D eigenvalue weighted by molar-refractivity contribution is 6.33. The Hall–Kier alpha value is -0.560. The van der Waals surface area contributed by atoms with Crippen molar-refractivity contribution in [3.63, 3.8) is 0 Å². The van der Waals surface area contributed by atoms with E-state index in [1.165, 1.54) is 44.9 Å². The van der Waals surface area contributed by atoms with E-state index < -0.39 is 0 Å². The molecule has 2 fully saturated rings. The van der Waals surface area contributed by atoms with Crippen LogP contribution in [0.25, 0.3) is 0 Å². The van der Waals surface area contributed by atoms with Crippen molar-refractivity contribution in [3.8, 4) is 0 Å². The normalized spacial score (nSPS) is 21.8. The second-order valence-electron chi connectivity index (χ2n) is 8.50. The van der Waals surface area contributed by atoms with Gasteiger partial charge < -0.3 is 21.1 Å². The lowest BCUT2D eigenvalue weighted by molar-refractivity contribution is 0.0681. The third-order valence-corrected chi connectivity index (χ3v) is 6.69. The second kappa shape index (κ2) is 15.3. The number of hydrogen-bond donors (Lipinski definition) is 4. The van der Waals surface area contributed by atoms with Crippen molar-refractivity contribution in [2.45, 2.75) is 51.5 Å². The summed E-state index contributed by atoms with van der Waals surface area (Å²) >= 11 is 6.32. The predicted molar refractivity (Wildman–Crippen MR) is 134 cm³/mol. The molecule has 0 heterocycles. The highest BCUT2D eigenvalue weighted by atomic mass is 35.5. The molecule has 3 rings (SSSR count). The number of amides is 1. The number of aliphatic hydroxyl groups excluding tert-OH is 1. The fourth-order valence-corrected chi connectivity index (χ4v) is 5.11. The van der Waals surface area contributed by atoms with Gasteiger partial charge >= 0.3 is 0 Å². The van der Waals surface area contributed by atoms with Crippen LogP contribution < -0.4 is 16.0 Å². The molecule has 1 amide bonds. The molecule has 178 valence electrons. The van der Waals surface area contributed by atoms with Gasteiger partial charge in [-0.25, -0.2) is 0 Å². The fraction of sp³-hybridized carbons (Fsp3) is 0.652. The summed E-state index contributed by atoms with van der Waals surface area (Å²) in [6.07, 6.45) is 9.09. The number of nitrogens with one attached hydrogen (secondary N) is 3. The molecule has 0 aromatic heterocycles. The van der Waals surface area contributed by atoms with Gasteiger partial charge in [0.25, 0.3) is 5.91 Å². The Labute approximate surface area is 205 Å². The Bertz CT molecular complexity index is 651. The van der Waals surface area contributed by atoms with Crippen LogP contribution in [0.1, 0.15) is 60.9 Å². The highest BCUT2D eigenvalue weighted by Gasteiger charge is 2.39. The minimum atomic E-state index is -0.0569. The molecule has 2 aliphatic carbocycles. The van der Waals surface area contributed by atoms with Crippen LogP contribution in [0.3, 0.4) is 0 Å². The van der Waals surface area contributed by atoms with Crippen molar-refractivity contribution in [2.75, 3.05) is 32.8 Å². The molecule has 0 atom stereocenters. The zero-order valence-electron chi connectivity index (χ0n) is 18.3. The summed E-state index contributed by atoms with van der Waals surface area (Å²) in [6.45, 7) is 3.81. The average molecular weight is 495 g/mol. The van der Waals surface area contributed by atoms with Crippen LogP contribution in [-0.2, 0) is 6.54 Å². The first kappa shape index (κ1) is 30.4. The lowest BCUT2D eigenvalue weighted by Crippen LogP contribution is -2.43. The number of carbonyl (C=O) groups excluding carboxylic acids is 1. The lowest BCUT2D eigenvalue weighted by Gasteiger charge is -2.45. The van der Waals surface area contributed by atoms with E-state index >= 15 is 0 Å². The smallest absolute Gasteiger partial charge is 0.252 e. The Morgan fingerprint density at radius 3 is 2.45 bits per heavy atom. The van der Waals surface area contributed by atoms with Crippen LogP contribution in [0.2, 0.25) is 5.02 Å². The molecule has 2 aliphatic rings. The summed E-state index contributed by atoms with van der Waals surface area (Å²) in [4.78, 5) is 12.8. The molecule has 1 aromatic carbocycles. The van der Waals surface area contributed by atoms with E-state index in [0.29, 0.717) is 29.1 Å². The molecule has 8 heteroatoms. The molecule has 4 N–H and O–H groups in total. The number of halogens is 3. The van der Waals surface area contributed by atoms with E-state index in [0.717, 1.165) is 31.1 Å². The summed E-state index contributed by atoms with van der Waals surface area (Å²) in [5.74, 6) is 0.808. The second-order valence-corrected chi connectivity index (χ2v) is 8.91. The molecule has 0 unspecified atom stereocenters. The Morgan fingerprint density at radius 2 is 1.77 bits per heavy atom. The maximum absolute atomic E-state index is 12.8. The summed E-state index contributed by atoms with van der Waals surface area (Å²) in [5.41, 5.74) is 1.92. The third-order valence-electron chi connectivity index (χ3n) is 6.36. The van der Waals surface area contributed by atoms with Gasteiger partial charge in [0.2, 0.25) is 0 Å². The molecule has 1 aromatic rings. The molecular weight excluding hydrogens is 457 g/mol. The van der Waals surface area contributed by atoms with Gasteiger partial charge in [0.05, 0.1) is 17.2 Å². The van der Waals surface area contributed by atoms with E-state index in [4.69, 9.17) is 16.7 Å². The van der Waals surface area contributed by atoms with Crippen molar-refractivity contribution < 1.29 is 9.90 Å². The van der Waals surface area contributed by atoms with Gasteiger partial charge in [0.15, 0.2) is 0 Å². The molecule has 5 nitrogen and oxygen atoms in total. The van der Waals surface area contributed by atoms with Gasteiger partial charge in [0, 0.05) is 32.7 Å². The van der Waals surface area contributed by atoms with Gasteiger partial charge in [0.1, 0.15) is 0 Å². The first-order chi connectivity index (χ1) is 13.6. The van der Waals surface area contributed by atoms with E-state index in [1.807, 2.05) is 18.2 Å². The van der Waals surface area contributed by atoms with Crippen LogP contribution in [-0.4, -0.2) is 43.8 Å². The van der Waals surface area contributed by atoms with E-state index in [-0.39, 0.29) is 44.8 Å². The standard InChI is InChI=1S/C22H34ClN3O2.CH2.2ClH/c23-20-6-5-18(15-25-10-9-24-11-12-27)13-19(20)21(28)26-16-22-7-1-3-17(14-22)4-2-8-22;;;/h5-6,13,17,24-25,27H,1-4,7-12,14-16H2,(H,26,28);1H2;2*1H. The van der Waals surface area contributed by atoms with E-state index in [1.54, 1.807) is 0 Å².